The lowest BCUT2D eigenvalue weighted by atomic mass is 9.79. The van der Waals surface area contributed by atoms with Crippen LogP contribution >= 0.6 is 0 Å². The van der Waals surface area contributed by atoms with Gasteiger partial charge >= 0.3 is 6.18 Å². The van der Waals surface area contributed by atoms with Gasteiger partial charge in [-0.15, -0.1) is 0 Å². The highest BCUT2D eigenvalue weighted by molar-refractivity contribution is 5.25. The van der Waals surface area contributed by atoms with Crippen molar-refractivity contribution >= 4 is 0 Å². The summed E-state index contributed by atoms with van der Waals surface area (Å²) >= 11 is 0. The molecule has 0 spiro atoms. The first-order valence-electron chi connectivity index (χ1n) is 7.06. The van der Waals surface area contributed by atoms with E-state index < -0.39 is 18.4 Å². The van der Waals surface area contributed by atoms with Crippen molar-refractivity contribution in [2.45, 2.75) is 36.7 Å². The summed E-state index contributed by atoms with van der Waals surface area (Å²) in [6.07, 6.45) is -2.06. The first kappa shape index (κ1) is 15.5. The first-order valence-corrected chi connectivity index (χ1v) is 7.06. The Bertz CT molecular complexity index is 509. The smallest absolute Gasteiger partial charge is 0.422 e. The van der Waals surface area contributed by atoms with Crippen LogP contribution in [-0.4, -0.2) is 48.2 Å². The number of halogens is 3. The number of hydrogen-bond acceptors (Lipinski definition) is 5. The molecule has 2 N–H and O–H groups in total. The Hall–Kier alpha value is -1.38. The van der Waals surface area contributed by atoms with Crippen LogP contribution in [0.5, 0.6) is 5.88 Å². The summed E-state index contributed by atoms with van der Waals surface area (Å²) in [6.45, 7) is -0.299. The number of nitrogens with one attached hydrogen (secondary N) is 1. The van der Waals surface area contributed by atoms with Gasteiger partial charge in [-0.2, -0.15) is 13.2 Å². The lowest BCUT2D eigenvalue weighted by Crippen LogP contribution is -2.58. The van der Waals surface area contributed by atoms with Crippen LogP contribution < -0.4 is 10.1 Å². The summed E-state index contributed by atoms with van der Waals surface area (Å²) in [5, 5.41) is 14.2. The van der Waals surface area contributed by atoms with Gasteiger partial charge < -0.3 is 19.9 Å². The van der Waals surface area contributed by atoms with Crippen LogP contribution in [0.25, 0.3) is 0 Å². The molecule has 0 aliphatic carbocycles. The molecule has 2 aliphatic heterocycles. The molecule has 0 aromatic carbocycles. The van der Waals surface area contributed by atoms with Gasteiger partial charge in [0.1, 0.15) is 0 Å². The van der Waals surface area contributed by atoms with E-state index in [-0.39, 0.29) is 18.0 Å². The molecule has 3 rings (SSSR count). The Morgan fingerprint density at radius 1 is 1.32 bits per heavy atom. The van der Waals surface area contributed by atoms with Crippen molar-refractivity contribution in [2.75, 3.05) is 19.8 Å². The normalized spacial score (nSPS) is 31.8. The highest BCUT2D eigenvalue weighted by Crippen LogP contribution is 2.36. The van der Waals surface area contributed by atoms with Crippen molar-refractivity contribution in [3.63, 3.8) is 0 Å². The van der Waals surface area contributed by atoms with Gasteiger partial charge in [0.05, 0.1) is 18.8 Å². The van der Waals surface area contributed by atoms with Crippen LogP contribution in [0.2, 0.25) is 0 Å². The molecule has 2 saturated heterocycles. The lowest BCUT2D eigenvalue weighted by molar-refractivity contribution is -0.154. The summed E-state index contributed by atoms with van der Waals surface area (Å²) in [6, 6.07) is 3.06. The molecule has 3 heterocycles. The number of morpholine rings is 1. The summed E-state index contributed by atoms with van der Waals surface area (Å²) in [5.41, 5.74) is -0.454. The minimum Gasteiger partial charge on any atom is -0.468 e. The Kier molecular flexibility index (Phi) is 4.00. The molecule has 22 heavy (non-hydrogen) atoms. The third kappa shape index (κ3) is 3.50. The molecule has 0 saturated carbocycles. The highest BCUT2D eigenvalue weighted by Gasteiger charge is 2.42. The highest BCUT2D eigenvalue weighted by atomic mass is 19.4. The second-order valence-corrected chi connectivity index (χ2v) is 5.83. The molecule has 2 unspecified atom stereocenters. The molecular weight excluding hydrogens is 301 g/mol. The number of ether oxygens (including phenoxy) is 2. The molecule has 0 amide bonds. The predicted octanol–water partition coefficient (Wildman–Crippen LogP) is 1.36. The van der Waals surface area contributed by atoms with E-state index in [2.05, 4.69) is 15.0 Å². The van der Waals surface area contributed by atoms with Crippen LogP contribution in [0.15, 0.2) is 18.3 Å². The van der Waals surface area contributed by atoms with Crippen molar-refractivity contribution < 1.29 is 27.8 Å². The molecule has 1 aromatic rings. The molecule has 8 heteroatoms. The maximum Gasteiger partial charge on any atom is 0.422 e. The van der Waals surface area contributed by atoms with Crippen molar-refractivity contribution in [1.82, 2.24) is 10.3 Å². The van der Waals surface area contributed by atoms with E-state index in [1.165, 1.54) is 12.3 Å². The largest absolute Gasteiger partial charge is 0.468 e. The summed E-state index contributed by atoms with van der Waals surface area (Å²) in [4.78, 5) is 3.86. The Morgan fingerprint density at radius 2 is 2.00 bits per heavy atom. The number of rotatable bonds is 3. The summed E-state index contributed by atoms with van der Waals surface area (Å²) in [7, 11) is 0. The van der Waals surface area contributed by atoms with Gasteiger partial charge in [0.25, 0.3) is 0 Å². The van der Waals surface area contributed by atoms with Gasteiger partial charge in [0.2, 0.25) is 5.88 Å². The number of pyridine rings is 1. The topological polar surface area (TPSA) is 63.6 Å². The zero-order valence-corrected chi connectivity index (χ0v) is 11.8. The van der Waals surface area contributed by atoms with Gasteiger partial charge in [0.15, 0.2) is 6.61 Å². The summed E-state index contributed by atoms with van der Waals surface area (Å²) in [5.74, 6) is -0.109. The minimum atomic E-state index is -4.40. The lowest BCUT2D eigenvalue weighted by Gasteiger charge is -2.45. The van der Waals surface area contributed by atoms with Crippen LogP contribution in [0, 0.1) is 0 Å². The molecule has 2 bridgehead atoms. The molecular formula is C14H17F3N2O3. The molecule has 1 aromatic heterocycles. The van der Waals surface area contributed by atoms with E-state index in [9.17, 15) is 18.3 Å². The average Bonchev–Trinajstić information content (AvgIpc) is 2.44. The number of alkyl halides is 3. The molecule has 2 aliphatic rings. The zero-order chi connectivity index (χ0) is 15.8. The average molecular weight is 318 g/mol. The number of hydrogen-bond donors (Lipinski definition) is 2. The molecule has 2 fully saturated rings. The number of aliphatic hydroxyl groups is 1. The molecule has 2 atom stereocenters. The number of fused-ring (bicyclic) bond motifs is 2. The van der Waals surface area contributed by atoms with Crippen molar-refractivity contribution in [3.05, 3.63) is 23.9 Å². The zero-order valence-electron chi connectivity index (χ0n) is 11.8. The fourth-order valence-corrected chi connectivity index (χ4v) is 3.05. The van der Waals surface area contributed by atoms with Gasteiger partial charge in [-0.3, -0.25) is 0 Å². The second-order valence-electron chi connectivity index (χ2n) is 5.83. The van der Waals surface area contributed by atoms with Crippen molar-refractivity contribution in [1.29, 1.82) is 0 Å². The van der Waals surface area contributed by atoms with E-state index in [0.29, 0.717) is 31.6 Å². The monoisotopic (exact) mass is 318 g/mol. The number of piperidine rings is 1. The maximum absolute atomic E-state index is 12.1. The molecule has 5 nitrogen and oxygen atoms in total. The van der Waals surface area contributed by atoms with Crippen LogP contribution in [0.1, 0.15) is 18.4 Å². The maximum atomic E-state index is 12.1. The van der Waals surface area contributed by atoms with Gasteiger partial charge in [-0.25, -0.2) is 4.98 Å². The van der Waals surface area contributed by atoms with E-state index in [1.54, 1.807) is 6.07 Å². The van der Waals surface area contributed by atoms with Crippen molar-refractivity contribution in [2.24, 2.45) is 0 Å². The standard InChI is InChI=1S/C14H17F3N2O3/c15-14(16,17)8-22-12-2-1-9(5-18-12)13(20)3-10-6-21-7-11(4-13)19-10/h1-2,5,10-11,19-20H,3-4,6-8H2. The molecule has 0 radical (unpaired) electrons. The van der Waals surface area contributed by atoms with E-state index >= 15 is 0 Å². The van der Waals surface area contributed by atoms with E-state index in [1.807, 2.05) is 0 Å². The number of aromatic nitrogens is 1. The Labute approximate surface area is 125 Å². The number of nitrogens with zero attached hydrogens (tertiary/aromatic N) is 1. The van der Waals surface area contributed by atoms with Gasteiger partial charge in [0, 0.05) is 29.9 Å². The SMILES string of the molecule is OC1(c2ccc(OCC(F)(F)F)nc2)CC2COCC(C1)N2. The van der Waals surface area contributed by atoms with Crippen LogP contribution in [-0.2, 0) is 10.3 Å². The predicted molar refractivity (Wildman–Crippen MR) is 70.4 cm³/mol. The summed E-state index contributed by atoms with van der Waals surface area (Å²) < 4.78 is 46.3. The quantitative estimate of drug-likeness (QED) is 0.881. The fraction of sp³-hybridized carbons (Fsp3) is 0.643. The van der Waals surface area contributed by atoms with Crippen LogP contribution in [0.3, 0.4) is 0 Å². The molecule has 122 valence electrons. The van der Waals surface area contributed by atoms with Crippen molar-refractivity contribution in [3.8, 4) is 5.88 Å². The Morgan fingerprint density at radius 3 is 2.55 bits per heavy atom. The van der Waals surface area contributed by atoms with E-state index in [4.69, 9.17) is 4.74 Å². The van der Waals surface area contributed by atoms with E-state index in [0.717, 1.165) is 0 Å². The fourth-order valence-electron chi connectivity index (χ4n) is 3.05. The Balaban J connectivity index is 1.69. The third-order valence-corrected chi connectivity index (χ3v) is 3.94. The minimum absolute atomic E-state index is 0.0682. The van der Waals surface area contributed by atoms with Gasteiger partial charge in [-0.1, -0.05) is 0 Å². The first-order chi connectivity index (χ1) is 10.3. The van der Waals surface area contributed by atoms with Gasteiger partial charge in [-0.05, 0) is 18.9 Å². The second kappa shape index (κ2) is 5.68. The third-order valence-electron chi connectivity index (χ3n) is 3.94. The van der Waals surface area contributed by atoms with Crippen LogP contribution in [0.4, 0.5) is 13.2 Å².